The number of nitrogens with zero attached hydrogens (tertiary/aromatic N) is 7. The van der Waals surface area contributed by atoms with Crippen LogP contribution in [0.2, 0.25) is 0 Å². The maximum absolute atomic E-state index is 5.08. The van der Waals surface area contributed by atoms with Gasteiger partial charge in [0.1, 0.15) is 11.6 Å². The van der Waals surface area contributed by atoms with E-state index in [2.05, 4.69) is 175 Å². The van der Waals surface area contributed by atoms with Crippen LogP contribution in [0.25, 0.3) is 90.4 Å². The van der Waals surface area contributed by atoms with Crippen molar-refractivity contribution in [1.29, 1.82) is 0 Å². The lowest BCUT2D eigenvalue weighted by atomic mass is 10.1. The predicted molar refractivity (Wildman–Crippen MR) is 226 cm³/mol. The smallest absolute Gasteiger partial charge is 0.164 e. The van der Waals surface area contributed by atoms with E-state index in [-0.39, 0.29) is 0 Å². The Bertz CT molecular complexity index is 2820. The van der Waals surface area contributed by atoms with Crippen molar-refractivity contribution in [1.82, 2.24) is 34.1 Å². The normalized spacial score (nSPS) is 11.4. The second-order valence-electron chi connectivity index (χ2n) is 14.0. The number of hydrogen-bond acceptors (Lipinski definition) is 5. The summed E-state index contributed by atoms with van der Waals surface area (Å²) < 4.78 is 4.42. The van der Waals surface area contributed by atoms with Gasteiger partial charge in [-0.3, -0.25) is 9.13 Å². The Balaban J connectivity index is 1.06. The summed E-state index contributed by atoms with van der Waals surface area (Å²) in [6.07, 6.45) is 0. The first-order chi connectivity index (χ1) is 27.6. The zero-order valence-corrected chi connectivity index (χ0v) is 30.9. The van der Waals surface area contributed by atoms with Crippen LogP contribution >= 0.6 is 0 Å². The molecule has 10 aromatic rings. The fourth-order valence-electron chi connectivity index (χ4n) is 7.52. The number of imidazole rings is 2. The summed E-state index contributed by atoms with van der Waals surface area (Å²) in [4.78, 5) is 25.3. The third-order valence-corrected chi connectivity index (χ3v) is 10.1. The highest BCUT2D eigenvalue weighted by atomic mass is 15.1. The van der Waals surface area contributed by atoms with Crippen LogP contribution in [0, 0.1) is 13.8 Å². The first-order valence-corrected chi connectivity index (χ1v) is 18.7. The predicted octanol–water partition coefficient (Wildman–Crippen LogP) is 11.5. The van der Waals surface area contributed by atoms with Gasteiger partial charge in [0.25, 0.3) is 0 Å². The molecule has 0 N–H and O–H groups in total. The molecule has 0 radical (unpaired) electrons. The minimum Gasteiger partial charge on any atom is -0.292 e. The Morgan fingerprint density at radius 3 is 1.11 bits per heavy atom. The highest BCUT2D eigenvalue weighted by Crippen LogP contribution is 2.33. The first-order valence-electron chi connectivity index (χ1n) is 18.7. The van der Waals surface area contributed by atoms with Gasteiger partial charge in [-0.05, 0) is 74.5 Å². The van der Waals surface area contributed by atoms with Crippen molar-refractivity contribution >= 4 is 22.1 Å². The van der Waals surface area contributed by atoms with E-state index in [0.717, 1.165) is 84.0 Å². The van der Waals surface area contributed by atoms with Gasteiger partial charge < -0.3 is 0 Å². The van der Waals surface area contributed by atoms with Gasteiger partial charge in [0.15, 0.2) is 17.5 Å². The second kappa shape index (κ2) is 13.7. The van der Waals surface area contributed by atoms with Crippen molar-refractivity contribution in [2.75, 3.05) is 0 Å². The van der Waals surface area contributed by atoms with E-state index in [9.17, 15) is 0 Å². The molecule has 0 aliphatic rings. The molecule has 0 bridgehead atoms. The Hall–Kier alpha value is -7.51. The summed E-state index contributed by atoms with van der Waals surface area (Å²) in [5.74, 6) is 3.57. The molecule has 3 heterocycles. The van der Waals surface area contributed by atoms with Gasteiger partial charge in [-0.25, -0.2) is 24.9 Å². The molecule has 10 rings (SSSR count). The average molecular weight is 722 g/mol. The molecule has 0 saturated carbocycles. The number of fused-ring (bicyclic) bond motifs is 2. The molecule has 0 saturated heterocycles. The van der Waals surface area contributed by atoms with Crippen LogP contribution in [-0.2, 0) is 0 Å². The monoisotopic (exact) mass is 721 g/mol. The molecule has 7 heteroatoms. The first kappa shape index (κ1) is 33.1. The minimum absolute atomic E-state index is 0.599. The molecule has 0 fully saturated rings. The number of aromatic nitrogens is 7. The van der Waals surface area contributed by atoms with Crippen LogP contribution in [0.4, 0.5) is 0 Å². The Morgan fingerprint density at radius 1 is 0.321 bits per heavy atom. The quantitative estimate of drug-likeness (QED) is 0.164. The van der Waals surface area contributed by atoms with Crippen molar-refractivity contribution in [3.8, 4) is 68.3 Å². The van der Waals surface area contributed by atoms with Crippen molar-refractivity contribution < 1.29 is 0 Å². The summed E-state index contributed by atoms with van der Waals surface area (Å²) >= 11 is 0. The van der Waals surface area contributed by atoms with Crippen LogP contribution < -0.4 is 0 Å². The summed E-state index contributed by atoms with van der Waals surface area (Å²) in [5.41, 5.74) is 13.1. The van der Waals surface area contributed by atoms with Crippen molar-refractivity contribution in [3.05, 3.63) is 187 Å². The molecular weight excluding hydrogens is 687 g/mol. The van der Waals surface area contributed by atoms with E-state index in [0.29, 0.717) is 17.5 Å². The summed E-state index contributed by atoms with van der Waals surface area (Å²) in [7, 11) is 0. The van der Waals surface area contributed by atoms with Crippen LogP contribution in [0.3, 0.4) is 0 Å². The maximum Gasteiger partial charge on any atom is 0.164 e. The maximum atomic E-state index is 5.08. The second-order valence-corrected chi connectivity index (χ2v) is 14.0. The SMILES string of the molecule is Cc1cc(C)cc(-c2nc(-c3ccc(-c4nc5ccccc5n4-c4ccccc4)cc3)nc(-c3ccc(-c4nc5ccccc5n4-c4ccccc4)cc3)n2)c1. The molecule has 56 heavy (non-hydrogen) atoms. The Morgan fingerprint density at radius 2 is 0.679 bits per heavy atom. The number of benzene rings is 7. The Labute approximate surface area is 324 Å². The van der Waals surface area contributed by atoms with Crippen molar-refractivity contribution in [2.24, 2.45) is 0 Å². The molecule has 0 amide bonds. The van der Waals surface area contributed by atoms with E-state index < -0.39 is 0 Å². The van der Waals surface area contributed by atoms with Gasteiger partial charge in [-0.2, -0.15) is 0 Å². The standard InChI is InChI=1S/C49H35N7/c1-32-29-33(2)31-38(30-32)47-53-45(34-21-25-36(26-22-34)48-50-41-17-9-11-19-43(41)55(48)39-13-5-3-6-14-39)52-46(54-47)35-23-27-37(28-24-35)49-51-42-18-10-12-20-44(42)56(49)40-15-7-4-8-16-40/h3-31H,1-2H3. The van der Waals surface area contributed by atoms with E-state index in [1.165, 1.54) is 0 Å². The number of hydrogen-bond donors (Lipinski definition) is 0. The molecule has 266 valence electrons. The van der Waals surface area contributed by atoms with Crippen molar-refractivity contribution in [3.63, 3.8) is 0 Å². The zero-order chi connectivity index (χ0) is 37.6. The lowest BCUT2D eigenvalue weighted by Gasteiger charge is -2.12. The van der Waals surface area contributed by atoms with Gasteiger partial charge >= 0.3 is 0 Å². The molecule has 7 nitrogen and oxygen atoms in total. The third-order valence-electron chi connectivity index (χ3n) is 10.1. The number of para-hydroxylation sites is 6. The van der Waals surface area contributed by atoms with E-state index in [1.807, 2.05) is 24.3 Å². The van der Waals surface area contributed by atoms with Crippen molar-refractivity contribution in [2.45, 2.75) is 13.8 Å². The summed E-state index contributed by atoms with van der Waals surface area (Å²) in [6.45, 7) is 4.20. The largest absolute Gasteiger partial charge is 0.292 e. The molecule has 0 unspecified atom stereocenters. The van der Waals surface area contributed by atoms with E-state index in [4.69, 9.17) is 24.9 Å². The molecular formula is C49H35N7. The van der Waals surface area contributed by atoms with Crippen LogP contribution in [0.15, 0.2) is 176 Å². The summed E-state index contributed by atoms with van der Waals surface area (Å²) in [5, 5.41) is 0. The van der Waals surface area contributed by atoms with Gasteiger partial charge in [0, 0.05) is 39.2 Å². The Kier molecular flexibility index (Phi) is 8.11. The highest BCUT2D eigenvalue weighted by Gasteiger charge is 2.18. The van der Waals surface area contributed by atoms with E-state index in [1.54, 1.807) is 0 Å². The van der Waals surface area contributed by atoms with Gasteiger partial charge in [0.2, 0.25) is 0 Å². The molecule has 3 aromatic heterocycles. The fourth-order valence-corrected chi connectivity index (χ4v) is 7.52. The summed E-state index contributed by atoms with van der Waals surface area (Å²) in [6, 6.07) is 60.3. The molecule has 0 atom stereocenters. The lowest BCUT2D eigenvalue weighted by Crippen LogP contribution is -2.01. The molecule has 0 aliphatic carbocycles. The minimum atomic E-state index is 0.599. The van der Waals surface area contributed by atoms with Gasteiger partial charge in [-0.1, -0.05) is 126 Å². The number of rotatable bonds is 7. The average Bonchev–Trinajstić information content (AvgIpc) is 3.84. The van der Waals surface area contributed by atoms with Gasteiger partial charge in [-0.15, -0.1) is 0 Å². The van der Waals surface area contributed by atoms with Crippen LogP contribution in [0.5, 0.6) is 0 Å². The topological polar surface area (TPSA) is 74.3 Å². The molecule has 0 spiro atoms. The lowest BCUT2D eigenvalue weighted by molar-refractivity contribution is 1.07. The number of aryl methyl sites for hydroxylation is 2. The van der Waals surface area contributed by atoms with Gasteiger partial charge in [0.05, 0.1) is 22.1 Å². The fraction of sp³-hybridized carbons (Fsp3) is 0.0408. The third kappa shape index (κ3) is 6.01. The van der Waals surface area contributed by atoms with E-state index >= 15 is 0 Å². The molecule has 0 aliphatic heterocycles. The van der Waals surface area contributed by atoms with Crippen LogP contribution in [0.1, 0.15) is 11.1 Å². The highest BCUT2D eigenvalue weighted by molar-refractivity contribution is 5.85. The molecule has 7 aromatic carbocycles. The van der Waals surface area contributed by atoms with Crippen LogP contribution in [-0.4, -0.2) is 34.1 Å². The zero-order valence-electron chi connectivity index (χ0n) is 30.9.